The minimum absolute atomic E-state index is 0.171. The van der Waals surface area contributed by atoms with E-state index >= 15 is 0 Å². The van der Waals surface area contributed by atoms with Gasteiger partial charge in [-0.3, -0.25) is 4.79 Å². The summed E-state index contributed by atoms with van der Waals surface area (Å²) in [5.41, 5.74) is 10.7. The van der Waals surface area contributed by atoms with Crippen LogP contribution >= 0.6 is 0 Å². The van der Waals surface area contributed by atoms with E-state index in [1.807, 2.05) is 56.3 Å². The van der Waals surface area contributed by atoms with Crippen molar-refractivity contribution in [1.29, 1.82) is 0 Å². The number of fused-ring (bicyclic) bond motifs is 1. The molecule has 1 saturated carbocycles. The van der Waals surface area contributed by atoms with Gasteiger partial charge in [0.25, 0.3) is 5.91 Å². The van der Waals surface area contributed by atoms with Crippen molar-refractivity contribution in [2.24, 2.45) is 5.92 Å². The molecule has 0 spiro atoms. The Morgan fingerprint density at radius 3 is 2.28 bits per heavy atom. The zero-order valence-corrected chi connectivity index (χ0v) is 33.5. The number of aromatic nitrogens is 1. The minimum Gasteiger partial charge on any atom is -0.507 e. The molecule has 282 valence electrons. The fourth-order valence-electron chi connectivity index (χ4n) is 7.70. The van der Waals surface area contributed by atoms with Crippen LogP contribution in [0.5, 0.6) is 5.75 Å². The molecule has 0 saturated heterocycles. The molecule has 2 N–H and O–H groups in total. The first-order chi connectivity index (χ1) is 25.7. The number of carbonyl (C=O) groups excluding carboxylic acids is 1. The Bertz CT molecular complexity index is 1920. The average molecular weight is 714 g/mol. The molecule has 1 heterocycles. The fraction of sp³-hybridized carbons (Fsp3) is 0.438. The highest BCUT2D eigenvalue weighted by atomic mass is 16.3. The van der Waals surface area contributed by atoms with Gasteiger partial charge in [-0.2, -0.15) is 0 Å². The summed E-state index contributed by atoms with van der Waals surface area (Å²) in [6.07, 6.45) is 9.13. The van der Waals surface area contributed by atoms with E-state index in [2.05, 4.69) is 85.8 Å². The molecule has 1 aliphatic rings. The number of phenols is 1. The Labute approximate surface area is 319 Å². The molecule has 0 aliphatic heterocycles. The third-order valence-corrected chi connectivity index (χ3v) is 11.4. The predicted octanol–water partition coefficient (Wildman–Crippen LogP) is 12.3. The van der Waals surface area contributed by atoms with Crippen molar-refractivity contribution in [3.05, 3.63) is 118 Å². The minimum atomic E-state index is -0.171. The Morgan fingerprint density at radius 2 is 1.62 bits per heavy atom. The van der Waals surface area contributed by atoms with E-state index in [9.17, 15) is 9.90 Å². The quantitative estimate of drug-likeness (QED) is 0.107. The van der Waals surface area contributed by atoms with Gasteiger partial charge in [0.15, 0.2) is 0 Å². The number of aromatic hydroxyl groups is 1. The molecular formula is C48H63N3O2. The van der Waals surface area contributed by atoms with Gasteiger partial charge in [-0.25, -0.2) is 0 Å². The Morgan fingerprint density at radius 1 is 0.906 bits per heavy atom. The molecule has 4 aromatic carbocycles. The third-order valence-electron chi connectivity index (χ3n) is 11.4. The molecule has 5 aromatic rings. The first-order valence-electron chi connectivity index (χ1n) is 20.4. The van der Waals surface area contributed by atoms with Gasteiger partial charge in [0.1, 0.15) is 5.75 Å². The third kappa shape index (κ3) is 9.80. The normalized spacial score (nSPS) is 13.4. The summed E-state index contributed by atoms with van der Waals surface area (Å²) in [6.45, 7) is 20.1. The van der Waals surface area contributed by atoms with Crippen LogP contribution in [0.15, 0.2) is 84.9 Å². The zero-order valence-electron chi connectivity index (χ0n) is 33.5. The largest absolute Gasteiger partial charge is 0.507 e. The number of phenolic OH excluding ortho intramolecular Hbond substituents is 1. The van der Waals surface area contributed by atoms with Crippen LogP contribution in [0.4, 0.5) is 5.69 Å². The van der Waals surface area contributed by atoms with Gasteiger partial charge >= 0.3 is 0 Å². The molecule has 1 atom stereocenters. The molecular weight excluding hydrogens is 651 g/mol. The second-order valence-corrected chi connectivity index (χ2v) is 15.0. The lowest BCUT2D eigenvalue weighted by Crippen LogP contribution is -2.28. The molecule has 0 bridgehead atoms. The summed E-state index contributed by atoms with van der Waals surface area (Å²) in [5.74, 6) is 1.23. The maximum atomic E-state index is 13.4. The van der Waals surface area contributed by atoms with E-state index in [-0.39, 0.29) is 11.7 Å². The maximum absolute atomic E-state index is 13.4. The maximum Gasteiger partial charge on any atom is 0.255 e. The second-order valence-electron chi connectivity index (χ2n) is 15.0. The van der Waals surface area contributed by atoms with Gasteiger partial charge in [0, 0.05) is 46.0 Å². The van der Waals surface area contributed by atoms with Crippen LogP contribution in [0.2, 0.25) is 0 Å². The first-order valence-corrected chi connectivity index (χ1v) is 20.4. The van der Waals surface area contributed by atoms with Crippen LogP contribution in [0.3, 0.4) is 0 Å². The topological polar surface area (TPSA) is 57.5 Å². The Kier molecular flexibility index (Phi) is 14.4. The van der Waals surface area contributed by atoms with E-state index in [4.69, 9.17) is 0 Å². The number of rotatable bonds is 16. The second kappa shape index (κ2) is 19.1. The van der Waals surface area contributed by atoms with Crippen LogP contribution in [0.25, 0.3) is 22.0 Å². The molecule has 1 amide bonds. The van der Waals surface area contributed by atoms with E-state index < -0.39 is 0 Å². The number of anilines is 1. The Hall–Kier alpha value is -4.35. The van der Waals surface area contributed by atoms with Gasteiger partial charge in [-0.1, -0.05) is 96.0 Å². The van der Waals surface area contributed by atoms with Crippen LogP contribution < -0.4 is 5.32 Å². The number of nitrogens with one attached hydrogen (secondary N) is 1. The average Bonchev–Trinajstić information content (AvgIpc) is 3.38. The van der Waals surface area contributed by atoms with E-state index in [0.717, 1.165) is 61.4 Å². The summed E-state index contributed by atoms with van der Waals surface area (Å²) >= 11 is 0. The molecule has 0 radical (unpaired) electrons. The molecule has 6 rings (SSSR count). The molecule has 1 aliphatic carbocycles. The molecule has 53 heavy (non-hydrogen) atoms. The molecule has 1 fully saturated rings. The van der Waals surface area contributed by atoms with Crippen molar-refractivity contribution in [2.75, 3.05) is 25.0 Å². The lowest BCUT2D eigenvalue weighted by atomic mass is 9.76. The number of aryl methyl sites for hydroxylation is 2. The van der Waals surface area contributed by atoms with E-state index in [1.165, 1.54) is 72.1 Å². The van der Waals surface area contributed by atoms with Gasteiger partial charge in [-0.05, 0) is 142 Å². The van der Waals surface area contributed by atoms with Crippen molar-refractivity contribution in [3.8, 4) is 16.9 Å². The highest BCUT2D eigenvalue weighted by Gasteiger charge is 2.26. The van der Waals surface area contributed by atoms with Gasteiger partial charge in [0.05, 0.1) is 0 Å². The van der Waals surface area contributed by atoms with E-state index in [0.29, 0.717) is 17.2 Å². The molecule has 5 nitrogen and oxygen atoms in total. The summed E-state index contributed by atoms with van der Waals surface area (Å²) in [4.78, 5) is 16.0. The van der Waals surface area contributed by atoms with Crippen molar-refractivity contribution in [1.82, 2.24) is 9.47 Å². The summed E-state index contributed by atoms with van der Waals surface area (Å²) < 4.78 is 2.52. The number of carbonyl (C=O) groups is 1. The lowest BCUT2D eigenvalue weighted by Gasteiger charge is -2.29. The van der Waals surface area contributed by atoms with Gasteiger partial charge in [-0.15, -0.1) is 0 Å². The van der Waals surface area contributed by atoms with Gasteiger partial charge < -0.3 is 19.9 Å². The highest BCUT2D eigenvalue weighted by molar-refractivity contribution is 6.04. The van der Waals surface area contributed by atoms with Crippen LogP contribution in [-0.4, -0.2) is 40.1 Å². The smallest absolute Gasteiger partial charge is 0.255 e. The molecule has 1 aromatic heterocycles. The number of hydrogen-bond donors (Lipinski definition) is 2. The number of nitrogens with zero attached hydrogens (tertiary/aromatic N) is 2. The SMILES string of the molecule is CC.CCCN(CCCn1c(C)c(C)c2cc(Cc3ccc(C(=O)Nc4cc(O)c(-c5ccccc5)c(C5CCC5)c4)cc3)ccc21)CCC(C)CC. The number of amides is 1. The van der Waals surface area contributed by atoms with Crippen LogP contribution in [-0.2, 0) is 13.0 Å². The summed E-state index contributed by atoms with van der Waals surface area (Å²) in [7, 11) is 0. The van der Waals surface area contributed by atoms with Crippen molar-refractivity contribution in [3.63, 3.8) is 0 Å². The molecule has 5 heteroatoms. The van der Waals surface area contributed by atoms with Crippen molar-refractivity contribution >= 4 is 22.5 Å². The number of hydrogen-bond acceptors (Lipinski definition) is 3. The van der Waals surface area contributed by atoms with Crippen molar-refractivity contribution in [2.45, 2.75) is 112 Å². The van der Waals surface area contributed by atoms with Crippen molar-refractivity contribution < 1.29 is 9.90 Å². The molecule has 1 unspecified atom stereocenters. The van der Waals surface area contributed by atoms with Gasteiger partial charge in [0.2, 0.25) is 0 Å². The fourth-order valence-corrected chi connectivity index (χ4v) is 7.70. The highest BCUT2D eigenvalue weighted by Crippen LogP contribution is 2.46. The van der Waals surface area contributed by atoms with Crippen LogP contribution in [0.1, 0.15) is 124 Å². The van der Waals surface area contributed by atoms with E-state index in [1.54, 1.807) is 6.07 Å². The lowest BCUT2D eigenvalue weighted by molar-refractivity contribution is 0.102. The number of benzene rings is 4. The zero-order chi connectivity index (χ0) is 37.9. The first kappa shape index (κ1) is 39.8. The Balaban J connectivity index is 0.00000266. The monoisotopic (exact) mass is 713 g/mol. The predicted molar refractivity (Wildman–Crippen MR) is 226 cm³/mol. The van der Waals surface area contributed by atoms with Crippen LogP contribution in [0, 0.1) is 19.8 Å². The summed E-state index contributed by atoms with van der Waals surface area (Å²) in [5, 5.41) is 15.5. The standard InChI is InChI=1S/C46H57N3O2.C2H6/c1-6-24-48(27-23-32(3)7-2)25-12-26-49-34(5)33(4)41-29-36(19-22-43(41)49)28-35-17-20-39(21-18-35)46(51)47-40-30-42(37-15-11-16-37)45(44(50)31-40)38-13-9-8-10-14-38;1-2/h8-10,13-14,17-22,29-32,37,50H,6-7,11-12,15-16,23-28H2,1-5H3,(H,47,51);1-2H3. The summed E-state index contributed by atoms with van der Waals surface area (Å²) in [6, 6.07) is 28.6.